The topological polar surface area (TPSA) is 58.9 Å². The van der Waals surface area contributed by atoms with E-state index in [1.165, 1.54) is 5.57 Å². The number of phenols is 2. The highest BCUT2D eigenvalue weighted by atomic mass is 16.5. The Hall–Kier alpha value is -2.88. The van der Waals surface area contributed by atoms with Crippen LogP contribution < -0.4 is 9.47 Å². The quantitative estimate of drug-likeness (QED) is 0.676. The van der Waals surface area contributed by atoms with E-state index < -0.39 is 0 Å². The molecule has 29 heavy (non-hydrogen) atoms. The molecule has 0 bridgehead atoms. The van der Waals surface area contributed by atoms with Gasteiger partial charge < -0.3 is 19.7 Å². The molecule has 4 heteroatoms. The number of fused-ring (bicyclic) bond motifs is 2. The van der Waals surface area contributed by atoms with Gasteiger partial charge in [-0.15, -0.1) is 0 Å². The van der Waals surface area contributed by atoms with Gasteiger partial charge in [0.1, 0.15) is 28.6 Å². The number of hydrogen-bond acceptors (Lipinski definition) is 4. The normalized spacial score (nSPS) is 18.8. The van der Waals surface area contributed by atoms with Crippen LogP contribution in [0.4, 0.5) is 0 Å². The van der Waals surface area contributed by atoms with E-state index in [4.69, 9.17) is 9.47 Å². The molecule has 0 aliphatic carbocycles. The number of ether oxygens (including phenoxy) is 2. The van der Waals surface area contributed by atoms with E-state index in [0.717, 1.165) is 34.4 Å². The van der Waals surface area contributed by atoms with Gasteiger partial charge >= 0.3 is 0 Å². The zero-order chi connectivity index (χ0) is 20.8. The number of hydrogen-bond donors (Lipinski definition) is 2. The Morgan fingerprint density at radius 3 is 2.72 bits per heavy atom. The lowest BCUT2D eigenvalue weighted by molar-refractivity contribution is 0.158. The number of aromatic hydroxyl groups is 2. The van der Waals surface area contributed by atoms with E-state index in [1.807, 2.05) is 58.0 Å². The van der Waals surface area contributed by atoms with Gasteiger partial charge in [0.25, 0.3) is 0 Å². The van der Waals surface area contributed by atoms with Crippen molar-refractivity contribution in [2.45, 2.75) is 52.1 Å². The predicted octanol–water partition coefficient (Wildman–Crippen LogP) is 5.51. The van der Waals surface area contributed by atoms with Crippen molar-refractivity contribution < 1.29 is 19.7 Å². The smallest absolute Gasteiger partial charge is 0.131 e. The predicted molar refractivity (Wildman–Crippen MR) is 115 cm³/mol. The average molecular weight is 392 g/mol. The van der Waals surface area contributed by atoms with Crippen LogP contribution in [0.2, 0.25) is 0 Å². The van der Waals surface area contributed by atoms with E-state index >= 15 is 0 Å². The largest absolute Gasteiger partial charge is 0.508 e. The lowest BCUT2D eigenvalue weighted by Crippen LogP contribution is -2.27. The summed E-state index contributed by atoms with van der Waals surface area (Å²) >= 11 is 0. The van der Waals surface area contributed by atoms with E-state index in [-0.39, 0.29) is 23.0 Å². The third-order valence-electron chi connectivity index (χ3n) is 5.60. The summed E-state index contributed by atoms with van der Waals surface area (Å²) < 4.78 is 12.1. The fraction of sp³-hybridized carbons (Fsp3) is 0.360. The number of allylic oxidation sites excluding steroid dienone is 2. The zero-order valence-electron chi connectivity index (χ0n) is 17.5. The molecule has 0 amide bonds. The van der Waals surface area contributed by atoms with E-state index in [0.29, 0.717) is 18.8 Å². The molecule has 0 radical (unpaired) electrons. The average Bonchev–Trinajstić information content (AvgIpc) is 2.66. The Morgan fingerprint density at radius 1 is 1.17 bits per heavy atom. The summed E-state index contributed by atoms with van der Waals surface area (Å²) in [7, 11) is 0. The molecule has 2 aliphatic rings. The molecule has 2 aromatic carbocycles. The first-order valence-corrected chi connectivity index (χ1v) is 10.1. The van der Waals surface area contributed by atoms with Crippen LogP contribution in [-0.2, 0) is 12.8 Å². The van der Waals surface area contributed by atoms with Crippen LogP contribution in [0.1, 0.15) is 55.9 Å². The molecule has 2 heterocycles. The van der Waals surface area contributed by atoms with Crippen molar-refractivity contribution in [1.29, 1.82) is 0 Å². The molecular weight excluding hydrogens is 364 g/mol. The van der Waals surface area contributed by atoms with Crippen LogP contribution in [0.25, 0.3) is 6.08 Å². The van der Waals surface area contributed by atoms with Crippen LogP contribution in [0.3, 0.4) is 0 Å². The van der Waals surface area contributed by atoms with E-state index in [1.54, 1.807) is 6.07 Å². The van der Waals surface area contributed by atoms with Gasteiger partial charge in [-0.2, -0.15) is 0 Å². The summed E-state index contributed by atoms with van der Waals surface area (Å²) in [5.74, 6) is 2.04. The van der Waals surface area contributed by atoms with Crippen molar-refractivity contribution in [3.63, 3.8) is 0 Å². The van der Waals surface area contributed by atoms with Crippen LogP contribution in [0, 0.1) is 0 Å². The Labute approximate surface area is 172 Å². The van der Waals surface area contributed by atoms with Gasteiger partial charge in [0.15, 0.2) is 0 Å². The maximum atomic E-state index is 10.9. The summed E-state index contributed by atoms with van der Waals surface area (Å²) in [6, 6.07) is 7.53. The standard InChI is InChI=1S/C25H28O4/c1-15(2)5-7-19-21(26)9-6-16-13-17(14-28-24(16)19)18-8-10-22-20(23(18)27)11-12-25(3,4)29-22/h5-6,8-12,17,26-27H,7,13-14H2,1-4H3/t17-/m1/s1. The second-order valence-corrected chi connectivity index (χ2v) is 8.70. The summed E-state index contributed by atoms with van der Waals surface area (Å²) in [6.45, 7) is 8.53. The van der Waals surface area contributed by atoms with Crippen molar-refractivity contribution in [1.82, 2.24) is 0 Å². The lowest BCUT2D eigenvalue weighted by Gasteiger charge is -2.31. The number of benzene rings is 2. The fourth-order valence-electron chi connectivity index (χ4n) is 4.01. The van der Waals surface area contributed by atoms with E-state index in [2.05, 4.69) is 6.08 Å². The van der Waals surface area contributed by atoms with Gasteiger partial charge in [-0.25, -0.2) is 0 Å². The SMILES string of the molecule is CC(C)=CCc1c(O)ccc2c1OC[C@H](c1ccc3c(c1O)C=CC(C)(C)O3)C2. The highest BCUT2D eigenvalue weighted by molar-refractivity contribution is 5.69. The molecule has 0 unspecified atom stereocenters. The molecule has 0 spiro atoms. The molecule has 2 aliphatic heterocycles. The van der Waals surface area contributed by atoms with Crippen molar-refractivity contribution in [2.24, 2.45) is 0 Å². The van der Waals surface area contributed by atoms with Crippen molar-refractivity contribution in [2.75, 3.05) is 6.61 Å². The summed E-state index contributed by atoms with van der Waals surface area (Å²) in [5.41, 5.74) is 4.30. The van der Waals surface area contributed by atoms with Crippen molar-refractivity contribution in [3.05, 3.63) is 64.2 Å². The second kappa shape index (κ2) is 7.18. The van der Waals surface area contributed by atoms with Gasteiger partial charge in [0.05, 0.1) is 12.2 Å². The minimum Gasteiger partial charge on any atom is -0.508 e. The maximum Gasteiger partial charge on any atom is 0.131 e. The molecule has 0 saturated heterocycles. The van der Waals surface area contributed by atoms with Crippen LogP contribution >= 0.6 is 0 Å². The minimum absolute atomic E-state index is 0.0389. The molecular formula is C25H28O4. The van der Waals surface area contributed by atoms with Crippen LogP contribution in [0.5, 0.6) is 23.0 Å². The van der Waals surface area contributed by atoms with Crippen molar-refractivity contribution >= 4 is 6.08 Å². The van der Waals surface area contributed by atoms with Crippen LogP contribution in [-0.4, -0.2) is 22.4 Å². The molecule has 0 fully saturated rings. The Balaban J connectivity index is 1.65. The lowest BCUT2D eigenvalue weighted by atomic mass is 9.86. The van der Waals surface area contributed by atoms with Gasteiger partial charge in [-0.1, -0.05) is 23.8 Å². The minimum atomic E-state index is -0.377. The summed E-state index contributed by atoms with van der Waals surface area (Å²) in [6.07, 6.45) is 7.38. The molecule has 152 valence electrons. The van der Waals surface area contributed by atoms with Gasteiger partial charge in [-0.3, -0.25) is 0 Å². The molecule has 1 atom stereocenters. The monoisotopic (exact) mass is 392 g/mol. The molecule has 4 rings (SSSR count). The Morgan fingerprint density at radius 2 is 1.97 bits per heavy atom. The van der Waals surface area contributed by atoms with Gasteiger partial charge in [0.2, 0.25) is 0 Å². The summed E-state index contributed by atoms with van der Waals surface area (Å²) in [4.78, 5) is 0. The highest BCUT2D eigenvalue weighted by Crippen LogP contribution is 2.44. The maximum absolute atomic E-state index is 10.9. The molecule has 0 saturated carbocycles. The first-order chi connectivity index (χ1) is 13.7. The second-order valence-electron chi connectivity index (χ2n) is 8.70. The Kier molecular flexibility index (Phi) is 4.81. The van der Waals surface area contributed by atoms with Gasteiger partial charge in [0, 0.05) is 17.0 Å². The van der Waals surface area contributed by atoms with E-state index in [9.17, 15) is 10.2 Å². The molecule has 0 aromatic heterocycles. The van der Waals surface area contributed by atoms with Gasteiger partial charge in [-0.05, 0) is 70.4 Å². The molecule has 4 nitrogen and oxygen atoms in total. The Bertz CT molecular complexity index is 1010. The third kappa shape index (κ3) is 3.71. The number of phenolic OH excluding ortho intramolecular Hbond substituents is 2. The van der Waals surface area contributed by atoms with Crippen LogP contribution in [0.15, 0.2) is 42.0 Å². The molecule has 2 N–H and O–H groups in total. The summed E-state index contributed by atoms with van der Waals surface area (Å²) in [5, 5.41) is 21.2. The first kappa shape index (κ1) is 19.4. The third-order valence-corrected chi connectivity index (χ3v) is 5.60. The number of rotatable bonds is 3. The highest BCUT2D eigenvalue weighted by Gasteiger charge is 2.30. The fourth-order valence-corrected chi connectivity index (χ4v) is 4.01. The molecule has 2 aromatic rings. The first-order valence-electron chi connectivity index (χ1n) is 10.1. The van der Waals surface area contributed by atoms with Crippen molar-refractivity contribution in [3.8, 4) is 23.0 Å². The zero-order valence-corrected chi connectivity index (χ0v) is 17.5.